The van der Waals surface area contributed by atoms with E-state index in [0.717, 1.165) is 4.31 Å². The molecule has 0 fully saturated rings. The molecule has 0 unspecified atom stereocenters. The molecule has 3 aromatic rings. The summed E-state index contributed by atoms with van der Waals surface area (Å²) in [5.41, 5.74) is 2.87. The Bertz CT molecular complexity index is 1220. The molecule has 0 saturated carbocycles. The van der Waals surface area contributed by atoms with Gasteiger partial charge in [0, 0.05) is 15.6 Å². The lowest BCUT2D eigenvalue weighted by Crippen LogP contribution is -2.39. The van der Waals surface area contributed by atoms with Crippen LogP contribution in [0.2, 0.25) is 10.0 Å². The van der Waals surface area contributed by atoms with Gasteiger partial charge in [0.2, 0.25) is 0 Å². The number of sulfonamides is 1. The maximum atomic E-state index is 13.2. The van der Waals surface area contributed by atoms with Crippen LogP contribution >= 0.6 is 23.2 Å². The summed E-state index contributed by atoms with van der Waals surface area (Å²) >= 11 is 11.9. The van der Waals surface area contributed by atoms with Gasteiger partial charge >= 0.3 is 0 Å². The van der Waals surface area contributed by atoms with E-state index >= 15 is 0 Å². The summed E-state index contributed by atoms with van der Waals surface area (Å²) in [6.45, 7) is -0.552. The average Bonchev–Trinajstić information content (AvgIpc) is 2.73. The van der Waals surface area contributed by atoms with Crippen molar-refractivity contribution < 1.29 is 18.3 Å². The Labute approximate surface area is 189 Å². The molecule has 160 valence electrons. The minimum atomic E-state index is -4.10. The predicted molar refractivity (Wildman–Crippen MR) is 121 cm³/mol. The van der Waals surface area contributed by atoms with Crippen LogP contribution in [0.4, 0.5) is 5.69 Å². The van der Waals surface area contributed by atoms with Gasteiger partial charge in [-0.1, -0.05) is 41.4 Å². The van der Waals surface area contributed by atoms with Gasteiger partial charge in [0.1, 0.15) is 12.3 Å². The minimum absolute atomic E-state index is 0.00799. The first-order chi connectivity index (χ1) is 14.8. The number of anilines is 1. The number of phenolic OH excluding ortho intramolecular Hbond substituents is 1. The molecule has 3 rings (SSSR count). The zero-order valence-corrected chi connectivity index (χ0v) is 18.3. The Hall–Kier alpha value is -3.07. The summed E-state index contributed by atoms with van der Waals surface area (Å²) in [6.07, 6.45) is 1.25. The standard InChI is InChI=1S/C21H17Cl2N3O4S/c22-16-8-10-19(11-9-16)31(29,30)26(18-6-3-5-17(23)12-18)14-21(28)25-24-13-15-4-1-2-7-20(15)27/h1-13,27H,14H2,(H,25,28)/b24-13-. The van der Waals surface area contributed by atoms with Gasteiger partial charge in [-0.2, -0.15) is 5.10 Å². The Morgan fingerprint density at radius 3 is 2.39 bits per heavy atom. The Balaban J connectivity index is 1.86. The second-order valence-corrected chi connectivity index (χ2v) is 9.03. The molecule has 0 aliphatic rings. The van der Waals surface area contributed by atoms with Gasteiger partial charge in [-0.15, -0.1) is 0 Å². The third kappa shape index (κ3) is 5.75. The smallest absolute Gasteiger partial charge is 0.264 e. The highest BCUT2D eigenvalue weighted by Gasteiger charge is 2.27. The van der Waals surface area contributed by atoms with Crippen LogP contribution < -0.4 is 9.73 Å². The van der Waals surface area contributed by atoms with E-state index in [4.69, 9.17) is 23.2 Å². The number of benzene rings is 3. The minimum Gasteiger partial charge on any atom is -0.507 e. The molecule has 0 aliphatic carbocycles. The number of hydrazone groups is 1. The summed E-state index contributed by atoms with van der Waals surface area (Å²) in [4.78, 5) is 12.4. The number of carbonyl (C=O) groups is 1. The molecular weight excluding hydrogens is 461 g/mol. The number of nitrogens with zero attached hydrogens (tertiary/aromatic N) is 2. The van der Waals surface area contributed by atoms with Crippen molar-refractivity contribution in [2.45, 2.75) is 4.90 Å². The molecule has 0 saturated heterocycles. The quantitative estimate of drug-likeness (QED) is 0.396. The van der Waals surface area contributed by atoms with Crippen molar-refractivity contribution in [3.05, 3.63) is 88.4 Å². The van der Waals surface area contributed by atoms with Crippen molar-refractivity contribution in [1.29, 1.82) is 0 Å². The fourth-order valence-electron chi connectivity index (χ4n) is 2.62. The molecule has 10 heteroatoms. The van der Waals surface area contributed by atoms with E-state index in [1.165, 1.54) is 48.7 Å². The van der Waals surface area contributed by atoms with Crippen molar-refractivity contribution in [2.24, 2.45) is 5.10 Å². The van der Waals surface area contributed by atoms with Gasteiger partial charge in [0.25, 0.3) is 15.9 Å². The first-order valence-electron chi connectivity index (χ1n) is 8.91. The topological polar surface area (TPSA) is 99.1 Å². The van der Waals surface area contributed by atoms with Crippen LogP contribution in [0.5, 0.6) is 5.75 Å². The Morgan fingerprint density at radius 1 is 1.00 bits per heavy atom. The number of rotatable bonds is 7. The van der Waals surface area contributed by atoms with Crippen molar-refractivity contribution in [3.8, 4) is 5.75 Å². The number of carbonyl (C=O) groups excluding carboxylic acids is 1. The molecule has 31 heavy (non-hydrogen) atoms. The van der Waals surface area contributed by atoms with Gasteiger partial charge in [-0.3, -0.25) is 9.10 Å². The highest BCUT2D eigenvalue weighted by Crippen LogP contribution is 2.26. The van der Waals surface area contributed by atoms with E-state index in [2.05, 4.69) is 10.5 Å². The SMILES string of the molecule is O=C(CN(c1cccc(Cl)c1)S(=O)(=O)c1ccc(Cl)cc1)N/N=C\c1ccccc1O. The molecule has 3 aromatic carbocycles. The van der Waals surface area contributed by atoms with Crippen LogP contribution in [0.25, 0.3) is 0 Å². The third-order valence-corrected chi connectivity index (χ3v) is 6.39. The maximum Gasteiger partial charge on any atom is 0.264 e. The predicted octanol–water partition coefficient (Wildman–Crippen LogP) is 4.04. The first-order valence-corrected chi connectivity index (χ1v) is 11.1. The molecular formula is C21H17Cl2N3O4S. The molecule has 0 aliphatic heterocycles. The van der Waals surface area contributed by atoms with E-state index in [0.29, 0.717) is 15.6 Å². The zero-order chi connectivity index (χ0) is 22.4. The largest absolute Gasteiger partial charge is 0.507 e. The highest BCUT2D eigenvalue weighted by molar-refractivity contribution is 7.92. The van der Waals surface area contributed by atoms with Crippen LogP contribution in [0, 0.1) is 0 Å². The van der Waals surface area contributed by atoms with E-state index in [-0.39, 0.29) is 16.3 Å². The van der Waals surface area contributed by atoms with Gasteiger partial charge in [0.15, 0.2) is 0 Å². The normalized spacial score (nSPS) is 11.4. The van der Waals surface area contributed by atoms with Crippen molar-refractivity contribution in [3.63, 3.8) is 0 Å². The number of aromatic hydroxyl groups is 1. The van der Waals surface area contributed by atoms with E-state index < -0.39 is 22.5 Å². The van der Waals surface area contributed by atoms with Gasteiger partial charge in [-0.05, 0) is 54.6 Å². The number of hydrogen-bond donors (Lipinski definition) is 2. The third-order valence-electron chi connectivity index (χ3n) is 4.11. The second kappa shape index (κ2) is 9.82. The van der Waals surface area contributed by atoms with Gasteiger partial charge in [-0.25, -0.2) is 13.8 Å². The molecule has 0 heterocycles. The zero-order valence-electron chi connectivity index (χ0n) is 15.9. The van der Waals surface area contributed by atoms with Crippen LogP contribution in [-0.4, -0.2) is 32.2 Å². The maximum absolute atomic E-state index is 13.2. The number of halogens is 2. The number of para-hydroxylation sites is 1. The summed E-state index contributed by atoms with van der Waals surface area (Å²) in [5.74, 6) is -0.699. The van der Waals surface area contributed by atoms with E-state index in [9.17, 15) is 18.3 Å². The molecule has 0 bridgehead atoms. The van der Waals surface area contributed by atoms with Crippen LogP contribution in [0.3, 0.4) is 0 Å². The molecule has 0 spiro atoms. The van der Waals surface area contributed by atoms with Crippen molar-refractivity contribution in [1.82, 2.24) is 5.43 Å². The van der Waals surface area contributed by atoms with E-state index in [1.54, 1.807) is 30.3 Å². The first kappa shape index (κ1) is 22.6. The van der Waals surface area contributed by atoms with Crippen LogP contribution in [0.15, 0.2) is 82.8 Å². The molecule has 2 N–H and O–H groups in total. The molecule has 0 radical (unpaired) electrons. The monoisotopic (exact) mass is 477 g/mol. The second-order valence-electron chi connectivity index (χ2n) is 6.30. The average molecular weight is 478 g/mol. The van der Waals surface area contributed by atoms with Crippen LogP contribution in [0.1, 0.15) is 5.56 Å². The number of phenols is 1. The van der Waals surface area contributed by atoms with E-state index in [1.807, 2.05) is 0 Å². The summed E-state index contributed by atoms with van der Waals surface area (Å²) in [5, 5.41) is 14.2. The molecule has 1 amide bonds. The molecule has 0 aromatic heterocycles. The Morgan fingerprint density at radius 2 is 1.71 bits per heavy atom. The summed E-state index contributed by atoms with van der Waals surface area (Å²) in [6, 6.07) is 18.2. The number of nitrogens with one attached hydrogen (secondary N) is 1. The lowest BCUT2D eigenvalue weighted by molar-refractivity contribution is -0.119. The van der Waals surface area contributed by atoms with Crippen LogP contribution in [-0.2, 0) is 14.8 Å². The lowest BCUT2D eigenvalue weighted by atomic mass is 10.2. The lowest BCUT2D eigenvalue weighted by Gasteiger charge is -2.23. The number of amides is 1. The Kier molecular flexibility index (Phi) is 7.17. The van der Waals surface area contributed by atoms with Crippen molar-refractivity contribution in [2.75, 3.05) is 10.8 Å². The van der Waals surface area contributed by atoms with Crippen molar-refractivity contribution >= 4 is 51.0 Å². The number of hydrogen-bond acceptors (Lipinski definition) is 5. The fourth-order valence-corrected chi connectivity index (χ4v) is 4.34. The molecule has 0 atom stereocenters. The molecule has 7 nitrogen and oxygen atoms in total. The highest BCUT2D eigenvalue weighted by atomic mass is 35.5. The van der Waals surface area contributed by atoms with Gasteiger partial charge in [0.05, 0.1) is 16.8 Å². The van der Waals surface area contributed by atoms with Gasteiger partial charge < -0.3 is 5.11 Å². The fraction of sp³-hybridized carbons (Fsp3) is 0.0476. The summed E-state index contributed by atoms with van der Waals surface area (Å²) < 4.78 is 27.4. The summed E-state index contributed by atoms with van der Waals surface area (Å²) in [7, 11) is -4.10.